The van der Waals surface area contributed by atoms with Gasteiger partial charge in [-0.1, -0.05) is 6.07 Å². The van der Waals surface area contributed by atoms with Crippen LogP contribution in [-0.4, -0.2) is 49.7 Å². The third-order valence-electron chi connectivity index (χ3n) is 5.63. The number of alkyl halides is 1. The Morgan fingerprint density at radius 1 is 0.879 bits per heavy atom. The summed E-state index contributed by atoms with van der Waals surface area (Å²) in [6.45, 7) is 10.6. The van der Waals surface area contributed by atoms with Crippen LogP contribution in [0.3, 0.4) is 0 Å². The lowest BCUT2D eigenvalue weighted by Crippen LogP contribution is -2.41. The topological polar surface area (TPSA) is 57.2 Å². The number of hydrogen-bond acceptors (Lipinski definition) is 5. The van der Waals surface area contributed by atoms with Crippen LogP contribution in [0.2, 0.25) is 0 Å². The minimum Gasteiger partial charge on any atom is -0.490 e. The van der Waals surface area contributed by atoms with Gasteiger partial charge in [0.05, 0.1) is 32.5 Å². The monoisotopic (exact) mass is 475 g/mol. The van der Waals surface area contributed by atoms with E-state index in [4.69, 9.17) is 30.5 Å². The van der Waals surface area contributed by atoms with Crippen molar-refractivity contribution in [3.63, 3.8) is 0 Å². The van der Waals surface area contributed by atoms with Crippen molar-refractivity contribution in [2.75, 3.05) is 38.9 Å². The van der Waals surface area contributed by atoms with E-state index in [9.17, 15) is 4.79 Å². The first-order valence-corrected chi connectivity index (χ1v) is 12.3. The van der Waals surface area contributed by atoms with Crippen molar-refractivity contribution < 1.29 is 23.7 Å². The molecule has 6 nitrogen and oxygen atoms in total. The molecular weight excluding hydrogens is 442 g/mol. The summed E-state index contributed by atoms with van der Waals surface area (Å²) in [6, 6.07) is 9.89. The summed E-state index contributed by atoms with van der Waals surface area (Å²) in [5.41, 5.74) is 3.29. The molecule has 1 aliphatic rings. The van der Waals surface area contributed by atoms with Gasteiger partial charge in [-0.15, -0.1) is 11.6 Å². The van der Waals surface area contributed by atoms with Crippen molar-refractivity contribution >= 4 is 17.5 Å². The smallest absolute Gasteiger partial charge is 0.238 e. The Kier molecular flexibility index (Phi) is 9.12. The number of rotatable bonds is 11. The summed E-state index contributed by atoms with van der Waals surface area (Å²) >= 11 is 5.98. The number of benzene rings is 2. The molecule has 0 fully saturated rings. The Morgan fingerprint density at radius 3 is 2.06 bits per heavy atom. The summed E-state index contributed by atoms with van der Waals surface area (Å²) in [4.78, 5) is 14.6. The SMILES string of the molecule is CCOc1ccc(CC2c3cc(OCC)c(OCC)cc3CCN2C(=O)CCl)cc1OCC. The maximum Gasteiger partial charge on any atom is 0.238 e. The Labute approximate surface area is 201 Å². The maximum absolute atomic E-state index is 12.8. The van der Waals surface area contributed by atoms with Gasteiger partial charge in [-0.2, -0.15) is 0 Å². The molecule has 1 unspecified atom stereocenters. The molecule has 1 heterocycles. The van der Waals surface area contributed by atoms with Gasteiger partial charge in [0.1, 0.15) is 5.88 Å². The zero-order valence-corrected chi connectivity index (χ0v) is 20.7. The first-order chi connectivity index (χ1) is 16.1. The summed E-state index contributed by atoms with van der Waals surface area (Å²) in [5.74, 6) is 2.76. The molecule has 1 atom stereocenters. The number of nitrogens with zero attached hydrogens (tertiary/aromatic N) is 1. The Morgan fingerprint density at radius 2 is 1.45 bits per heavy atom. The molecule has 0 aliphatic carbocycles. The number of amides is 1. The van der Waals surface area contributed by atoms with Crippen LogP contribution in [0.25, 0.3) is 0 Å². The molecule has 7 heteroatoms. The van der Waals surface area contributed by atoms with Crippen LogP contribution >= 0.6 is 11.6 Å². The number of carbonyl (C=O) groups excluding carboxylic acids is 1. The van der Waals surface area contributed by atoms with Gasteiger partial charge in [-0.05, 0) is 81.5 Å². The highest BCUT2D eigenvalue weighted by molar-refractivity contribution is 6.27. The molecule has 1 aliphatic heterocycles. The Balaban J connectivity index is 2.03. The van der Waals surface area contributed by atoms with E-state index in [-0.39, 0.29) is 17.8 Å². The number of fused-ring (bicyclic) bond motifs is 1. The van der Waals surface area contributed by atoms with Crippen LogP contribution in [0.1, 0.15) is 50.4 Å². The highest BCUT2D eigenvalue weighted by Gasteiger charge is 2.32. The van der Waals surface area contributed by atoms with Crippen LogP contribution in [0.4, 0.5) is 0 Å². The zero-order chi connectivity index (χ0) is 23.8. The number of halogens is 1. The van der Waals surface area contributed by atoms with Crippen LogP contribution in [0, 0.1) is 0 Å². The molecule has 0 saturated heterocycles. The fourth-order valence-corrected chi connectivity index (χ4v) is 4.44. The van der Waals surface area contributed by atoms with Crippen molar-refractivity contribution in [3.8, 4) is 23.0 Å². The van der Waals surface area contributed by atoms with E-state index >= 15 is 0 Å². The second-order valence-corrected chi connectivity index (χ2v) is 7.97. The fraction of sp³-hybridized carbons (Fsp3) is 0.500. The highest BCUT2D eigenvalue weighted by atomic mass is 35.5. The van der Waals surface area contributed by atoms with Crippen LogP contribution in [0.15, 0.2) is 30.3 Å². The van der Waals surface area contributed by atoms with Gasteiger partial charge >= 0.3 is 0 Å². The second-order valence-electron chi connectivity index (χ2n) is 7.70. The number of hydrogen-bond donors (Lipinski definition) is 0. The minimum atomic E-state index is -0.165. The average Bonchev–Trinajstić information content (AvgIpc) is 2.81. The van der Waals surface area contributed by atoms with Crippen molar-refractivity contribution in [1.82, 2.24) is 4.90 Å². The van der Waals surface area contributed by atoms with E-state index in [1.165, 1.54) is 5.56 Å². The van der Waals surface area contributed by atoms with Crippen LogP contribution in [0.5, 0.6) is 23.0 Å². The van der Waals surface area contributed by atoms with Gasteiger partial charge < -0.3 is 23.8 Å². The van der Waals surface area contributed by atoms with E-state index in [2.05, 4.69) is 6.07 Å². The van der Waals surface area contributed by atoms with Crippen molar-refractivity contribution in [2.45, 2.75) is 46.6 Å². The summed E-state index contributed by atoms with van der Waals surface area (Å²) in [6.07, 6.45) is 1.37. The van der Waals surface area contributed by atoms with Crippen LogP contribution < -0.4 is 18.9 Å². The van der Waals surface area contributed by atoms with Gasteiger partial charge in [-0.25, -0.2) is 0 Å². The lowest BCUT2D eigenvalue weighted by molar-refractivity contribution is -0.131. The maximum atomic E-state index is 12.8. The Hall–Kier alpha value is -2.60. The van der Waals surface area contributed by atoms with Gasteiger partial charge in [0.15, 0.2) is 23.0 Å². The fourth-order valence-electron chi connectivity index (χ4n) is 4.29. The van der Waals surface area contributed by atoms with Gasteiger partial charge in [0.25, 0.3) is 0 Å². The third kappa shape index (κ3) is 5.85. The molecular formula is C26H34ClNO5. The van der Waals surface area contributed by atoms with E-state index in [1.54, 1.807) is 0 Å². The number of carbonyl (C=O) groups is 1. The molecule has 0 N–H and O–H groups in total. The Bertz CT molecular complexity index is 949. The van der Waals surface area contributed by atoms with E-state index < -0.39 is 0 Å². The number of ether oxygens (including phenoxy) is 4. The van der Waals surface area contributed by atoms with Crippen molar-refractivity contribution in [2.24, 2.45) is 0 Å². The predicted octanol–water partition coefficient (Wildman–Crippen LogP) is 5.19. The van der Waals surface area contributed by atoms with Gasteiger partial charge in [-0.3, -0.25) is 4.79 Å². The molecule has 0 saturated carbocycles. The van der Waals surface area contributed by atoms with Gasteiger partial charge in [0, 0.05) is 6.54 Å². The first kappa shape index (κ1) is 25.0. The van der Waals surface area contributed by atoms with Crippen molar-refractivity contribution in [1.29, 1.82) is 0 Å². The third-order valence-corrected chi connectivity index (χ3v) is 5.86. The normalized spacial score (nSPS) is 15.1. The molecule has 0 aromatic heterocycles. The largest absolute Gasteiger partial charge is 0.490 e. The summed E-state index contributed by atoms with van der Waals surface area (Å²) < 4.78 is 23.2. The van der Waals surface area contributed by atoms with E-state index in [0.717, 1.165) is 29.0 Å². The van der Waals surface area contributed by atoms with E-state index in [0.29, 0.717) is 50.9 Å². The molecule has 3 rings (SSSR count). The second kappa shape index (κ2) is 12.0. The molecule has 0 radical (unpaired) electrons. The highest BCUT2D eigenvalue weighted by Crippen LogP contribution is 2.40. The summed E-state index contributed by atoms with van der Waals surface area (Å²) in [5, 5.41) is 0. The lowest BCUT2D eigenvalue weighted by atomic mass is 9.88. The molecule has 0 spiro atoms. The summed E-state index contributed by atoms with van der Waals surface area (Å²) in [7, 11) is 0. The first-order valence-electron chi connectivity index (χ1n) is 11.7. The van der Waals surface area contributed by atoms with Gasteiger partial charge in [0.2, 0.25) is 5.91 Å². The quantitative estimate of drug-likeness (QED) is 0.419. The van der Waals surface area contributed by atoms with Crippen molar-refractivity contribution in [3.05, 3.63) is 47.0 Å². The molecule has 1 amide bonds. The molecule has 2 aromatic carbocycles. The zero-order valence-electron chi connectivity index (χ0n) is 20.0. The van der Waals surface area contributed by atoms with E-state index in [1.807, 2.05) is 56.9 Å². The van der Waals surface area contributed by atoms with Crippen LogP contribution in [-0.2, 0) is 17.6 Å². The molecule has 180 valence electrons. The molecule has 33 heavy (non-hydrogen) atoms. The minimum absolute atomic E-state index is 0.0470. The molecule has 2 aromatic rings. The standard InChI is InChI=1S/C26H34ClNO5/c1-5-30-22-10-9-18(14-23(22)31-6-2)13-21-20-16-25(33-8-4)24(32-7-3)15-19(20)11-12-28(21)26(29)17-27/h9-10,14-16,21H,5-8,11-13,17H2,1-4H3. The lowest BCUT2D eigenvalue weighted by Gasteiger charge is -2.38. The average molecular weight is 476 g/mol. The molecule has 0 bridgehead atoms. The predicted molar refractivity (Wildman–Crippen MR) is 130 cm³/mol.